The van der Waals surface area contributed by atoms with Crippen molar-refractivity contribution in [1.82, 2.24) is 19.9 Å². The molecule has 0 aliphatic rings. The molecule has 2 aromatic rings. The smallest absolute Gasteiger partial charge is 0.180 e. The molecule has 2 N–H and O–H groups in total. The molecule has 58 valence electrons. The van der Waals surface area contributed by atoms with Gasteiger partial charge in [-0.25, -0.2) is 15.0 Å². The minimum Gasteiger partial charge on any atom is -0.400 e. The molecule has 2 heterocycles. The minimum absolute atomic E-state index is 0.713. The molecule has 0 amide bonds. The van der Waals surface area contributed by atoms with Crippen molar-refractivity contribution in [2.24, 2.45) is 0 Å². The predicted octanol–water partition coefficient (Wildman–Crippen LogP) is -0.0386. The van der Waals surface area contributed by atoms with Crippen molar-refractivity contribution < 1.29 is 5.11 Å². The van der Waals surface area contributed by atoms with Gasteiger partial charge in [0.05, 0.1) is 12.5 Å². The van der Waals surface area contributed by atoms with E-state index in [2.05, 4.69) is 19.9 Å². The van der Waals surface area contributed by atoms with Crippen LogP contribution in [-0.2, 0) is 0 Å². The molecule has 5 heteroatoms. The van der Waals surface area contributed by atoms with Crippen LogP contribution in [-0.4, -0.2) is 32.2 Å². The van der Waals surface area contributed by atoms with E-state index in [4.69, 9.17) is 5.11 Å². The minimum atomic E-state index is 0.713. The number of rotatable bonds is 0. The van der Waals surface area contributed by atoms with Gasteiger partial charge in [0.25, 0.3) is 0 Å². The SMILES string of the molecule is CO.c1ncc2[nH]cnc2n1. The second-order valence-electron chi connectivity index (χ2n) is 1.66. The summed E-state index contributed by atoms with van der Waals surface area (Å²) in [6.07, 6.45) is 4.76. The number of hydrogen-bond donors (Lipinski definition) is 2. The first-order valence-electron chi connectivity index (χ1n) is 3.00. The number of H-pyrrole nitrogens is 1. The van der Waals surface area contributed by atoms with Gasteiger partial charge < -0.3 is 10.1 Å². The quantitative estimate of drug-likeness (QED) is 0.555. The van der Waals surface area contributed by atoms with E-state index in [1.165, 1.54) is 6.33 Å². The van der Waals surface area contributed by atoms with E-state index in [9.17, 15) is 0 Å². The van der Waals surface area contributed by atoms with E-state index in [-0.39, 0.29) is 0 Å². The number of aromatic nitrogens is 4. The molecule has 0 aromatic carbocycles. The van der Waals surface area contributed by atoms with Gasteiger partial charge in [0, 0.05) is 7.11 Å². The molecule has 5 nitrogen and oxygen atoms in total. The molecule has 0 aliphatic carbocycles. The zero-order valence-corrected chi connectivity index (χ0v) is 6.02. The lowest BCUT2D eigenvalue weighted by Crippen LogP contribution is -1.76. The van der Waals surface area contributed by atoms with Crippen LogP contribution < -0.4 is 0 Å². The summed E-state index contributed by atoms with van der Waals surface area (Å²) in [5.74, 6) is 0. The molecular weight excluding hydrogens is 144 g/mol. The van der Waals surface area contributed by atoms with Crippen molar-refractivity contribution >= 4 is 11.2 Å². The fourth-order valence-electron chi connectivity index (χ4n) is 0.691. The molecule has 0 spiro atoms. The lowest BCUT2D eigenvalue weighted by Gasteiger charge is -1.80. The van der Waals surface area contributed by atoms with Crippen LogP contribution >= 0.6 is 0 Å². The average molecular weight is 152 g/mol. The predicted molar refractivity (Wildman–Crippen MR) is 39.8 cm³/mol. The first kappa shape index (κ1) is 7.62. The summed E-state index contributed by atoms with van der Waals surface area (Å²) >= 11 is 0. The Morgan fingerprint density at radius 3 is 2.91 bits per heavy atom. The first-order valence-corrected chi connectivity index (χ1v) is 3.00. The Kier molecular flexibility index (Phi) is 2.51. The van der Waals surface area contributed by atoms with Crippen molar-refractivity contribution in [1.29, 1.82) is 0 Å². The Labute approximate surface area is 63.1 Å². The van der Waals surface area contributed by atoms with Gasteiger partial charge >= 0.3 is 0 Å². The normalized spacial score (nSPS) is 8.91. The van der Waals surface area contributed by atoms with E-state index < -0.39 is 0 Å². The zero-order valence-electron chi connectivity index (χ0n) is 6.02. The van der Waals surface area contributed by atoms with Gasteiger partial charge in [-0.3, -0.25) is 0 Å². The third-order valence-corrected chi connectivity index (χ3v) is 1.10. The van der Waals surface area contributed by atoms with E-state index in [1.807, 2.05) is 0 Å². The maximum atomic E-state index is 7.00. The van der Waals surface area contributed by atoms with E-state index in [1.54, 1.807) is 12.5 Å². The van der Waals surface area contributed by atoms with Gasteiger partial charge in [0.15, 0.2) is 5.65 Å². The fraction of sp³-hybridized carbons (Fsp3) is 0.167. The number of imidazole rings is 1. The second-order valence-corrected chi connectivity index (χ2v) is 1.66. The molecule has 0 radical (unpaired) electrons. The summed E-state index contributed by atoms with van der Waals surface area (Å²) in [6, 6.07) is 0. The Balaban J connectivity index is 0.000000281. The largest absolute Gasteiger partial charge is 0.400 e. The number of aromatic amines is 1. The van der Waals surface area contributed by atoms with Crippen molar-refractivity contribution in [3.8, 4) is 0 Å². The van der Waals surface area contributed by atoms with Crippen LogP contribution in [0, 0.1) is 0 Å². The van der Waals surface area contributed by atoms with Crippen LogP contribution in [0.4, 0.5) is 0 Å². The molecule has 0 bridgehead atoms. The van der Waals surface area contributed by atoms with E-state index in [0.717, 1.165) is 12.6 Å². The van der Waals surface area contributed by atoms with Crippen LogP contribution in [0.25, 0.3) is 11.2 Å². The molecule has 2 rings (SSSR count). The summed E-state index contributed by atoms with van der Waals surface area (Å²) in [7, 11) is 1.00. The first-order chi connectivity index (χ1) is 5.47. The number of fused-ring (bicyclic) bond motifs is 1. The maximum absolute atomic E-state index is 7.00. The highest BCUT2D eigenvalue weighted by atomic mass is 16.2. The monoisotopic (exact) mass is 152 g/mol. The van der Waals surface area contributed by atoms with Crippen LogP contribution in [0.15, 0.2) is 18.9 Å². The molecule has 11 heavy (non-hydrogen) atoms. The highest BCUT2D eigenvalue weighted by molar-refractivity contribution is 5.67. The zero-order chi connectivity index (χ0) is 8.10. The van der Waals surface area contributed by atoms with Crippen LogP contribution in [0.1, 0.15) is 0 Å². The number of hydrogen-bond acceptors (Lipinski definition) is 4. The van der Waals surface area contributed by atoms with Crippen molar-refractivity contribution in [2.45, 2.75) is 0 Å². The standard InChI is InChI=1S/C5H4N4.CH4O/c1-4-5(8-2-6-1)9-3-7-4;1-2/h1-3H,(H,6,7,8,9);2H,1H3. The maximum Gasteiger partial charge on any atom is 0.180 e. The van der Waals surface area contributed by atoms with Crippen molar-refractivity contribution in [3.63, 3.8) is 0 Å². The number of aliphatic hydroxyl groups excluding tert-OH is 1. The molecule has 2 aromatic heterocycles. The molecule has 0 fully saturated rings. The van der Waals surface area contributed by atoms with E-state index in [0.29, 0.717) is 5.65 Å². The average Bonchev–Trinajstić information content (AvgIpc) is 2.55. The summed E-state index contributed by atoms with van der Waals surface area (Å²) in [6.45, 7) is 0. The van der Waals surface area contributed by atoms with Gasteiger partial charge in [-0.15, -0.1) is 0 Å². The van der Waals surface area contributed by atoms with Gasteiger partial charge in [0.2, 0.25) is 0 Å². The molecular formula is C6H8N4O. The van der Waals surface area contributed by atoms with Gasteiger partial charge in [-0.1, -0.05) is 0 Å². The molecule has 0 atom stereocenters. The van der Waals surface area contributed by atoms with Gasteiger partial charge in [-0.05, 0) is 0 Å². The highest BCUT2D eigenvalue weighted by Crippen LogP contribution is 1.99. The van der Waals surface area contributed by atoms with Crippen LogP contribution in [0.3, 0.4) is 0 Å². The van der Waals surface area contributed by atoms with Crippen LogP contribution in [0.2, 0.25) is 0 Å². The van der Waals surface area contributed by atoms with Crippen LogP contribution in [0.5, 0.6) is 0 Å². The Morgan fingerprint density at radius 2 is 2.18 bits per heavy atom. The number of nitrogens with zero attached hydrogens (tertiary/aromatic N) is 3. The fourth-order valence-corrected chi connectivity index (χ4v) is 0.691. The second kappa shape index (κ2) is 3.62. The summed E-state index contributed by atoms with van der Waals surface area (Å²) < 4.78 is 0. The molecule has 0 unspecified atom stereocenters. The number of nitrogens with one attached hydrogen (secondary N) is 1. The Morgan fingerprint density at radius 1 is 1.36 bits per heavy atom. The summed E-state index contributed by atoms with van der Waals surface area (Å²) in [5.41, 5.74) is 1.59. The lowest BCUT2D eigenvalue weighted by molar-refractivity contribution is 0.399. The molecule has 0 saturated carbocycles. The third-order valence-electron chi connectivity index (χ3n) is 1.10. The number of aliphatic hydroxyl groups is 1. The highest BCUT2D eigenvalue weighted by Gasteiger charge is 1.91. The molecule has 0 aliphatic heterocycles. The summed E-state index contributed by atoms with van der Waals surface area (Å²) in [5, 5.41) is 7.00. The summed E-state index contributed by atoms with van der Waals surface area (Å²) in [4.78, 5) is 14.5. The van der Waals surface area contributed by atoms with Gasteiger partial charge in [-0.2, -0.15) is 0 Å². The molecule has 0 saturated heterocycles. The van der Waals surface area contributed by atoms with Crippen molar-refractivity contribution in [2.75, 3.05) is 7.11 Å². The lowest BCUT2D eigenvalue weighted by atomic mass is 10.6. The van der Waals surface area contributed by atoms with E-state index >= 15 is 0 Å². The topological polar surface area (TPSA) is 74.7 Å². The van der Waals surface area contributed by atoms with Gasteiger partial charge in [0.1, 0.15) is 11.8 Å². The van der Waals surface area contributed by atoms with Crippen molar-refractivity contribution in [3.05, 3.63) is 18.9 Å². The Hall–Kier alpha value is -1.49. The Bertz CT molecular complexity index is 289. The third kappa shape index (κ3) is 1.50.